The van der Waals surface area contributed by atoms with Crippen LogP contribution in [0.4, 0.5) is 0 Å². The molecule has 0 radical (unpaired) electrons. The summed E-state index contributed by atoms with van der Waals surface area (Å²) in [4.78, 5) is 0. The van der Waals surface area contributed by atoms with Crippen LogP contribution in [0.25, 0.3) is 33.4 Å². The Hall–Kier alpha value is -3.90. The standard InChI is InChI=1S/C33H24/c1-21-15-17-31-27(19-21)24-10-4-3-9-23(24)25-11-5-7-13-29(25)33(31)30-14-8-6-12-26(30)28-20-22(2)16-18-32(28)33/h3-20H,1-2H3. The Labute approximate surface area is 195 Å². The maximum atomic E-state index is 2.39. The minimum atomic E-state index is -0.349. The normalized spacial score (nSPS) is 16.9. The van der Waals surface area contributed by atoms with E-state index >= 15 is 0 Å². The maximum absolute atomic E-state index is 2.39. The molecule has 1 spiro atoms. The summed E-state index contributed by atoms with van der Waals surface area (Å²) in [6, 6.07) is 41.1. The summed E-state index contributed by atoms with van der Waals surface area (Å²) in [5.74, 6) is 0. The zero-order valence-electron chi connectivity index (χ0n) is 18.9. The molecule has 5 aromatic rings. The number of benzene rings is 5. The van der Waals surface area contributed by atoms with Crippen LogP contribution in [0.5, 0.6) is 0 Å². The predicted octanol–water partition coefficient (Wildman–Crippen LogP) is 8.31. The van der Waals surface area contributed by atoms with E-state index in [1.807, 2.05) is 0 Å². The third kappa shape index (κ3) is 2.31. The van der Waals surface area contributed by atoms with Crippen LogP contribution in [0.15, 0.2) is 109 Å². The van der Waals surface area contributed by atoms with Gasteiger partial charge >= 0.3 is 0 Å². The highest BCUT2D eigenvalue weighted by Crippen LogP contribution is 2.61. The van der Waals surface area contributed by atoms with Crippen molar-refractivity contribution in [3.8, 4) is 33.4 Å². The van der Waals surface area contributed by atoms with Gasteiger partial charge in [0.25, 0.3) is 0 Å². The molecule has 0 bridgehead atoms. The highest BCUT2D eigenvalue weighted by Gasteiger charge is 2.49. The highest BCUT2D eigenvalue weighted by atomic mass is 14.5. The Morgan fingerprint density at radius 3 is 1.27 bits per heavy atom. The summed E-state index contributed by atoms with van der Waals surface area (Å²) in [5, 5.41) is 0. The Bertz CT molecular complexity index is 1590. The van der Waals surface area contributed by atoms with Crippen molar-refractivity contribution in [3.63, 3.8) is 0 Å². The van der Waals surface area contributed by atoms with Crippen LogP contribution in [0.2, 0.25) is 0 Å². The van der Waals surface area contributed by atoms with Gasteiger partial charge in [-0.25, -0.2) is 0 Å². The monoisotopic (exact) mass is 420 g/mol. The molecule has 1 atom stereocenters. The second-order valence-electron chi connectivity index (χ2n) is 9.48. The number of rotatable bonds is 0. The molecule has 0 aromatic heterocycles. The minimum Gasteiger partial charge on any atom is -0.0619 e. The summed E-state index contributed by atoms with van der Waals surface area (Å²) in [5.41, 5.74) is 15.8. The van der Waals surface area contributed by atoms with Gasteiger partial charge in [0.05, 0.1) is 5.41 Å². The first-order valence-electron chi connectivity index (χ1n) is 11.7. The number of fused-ring (bicyclic) bond motifs is 12. The zero-order chi connectivity index (χ0) is 22.2. The molecule has 0 fully saturated rings. The van der Waals surface area contributed by atoms with Crippen molar-refractivity contribution < 1.29 is 0 Å². The van der Waals surface area contributed by atoms with Gasteiger partial charge in [-0.05, 0) is 69.5 Å². The van der Waals surface area contributed by atoms with Gasteiger partial charge in [0.1, 0.15) is 0 Å². The number of hydrogen-bond acceptors (Lipinski definition) is 0. The highest BCUT2D eigenvalue weighted by molar-refractivity contribution is 5.97. The van der Waals surface area contributed by atoms with E-state index < -0.39 is 0 Å². The molecule has 0 heterocycles. The molecule has 0 aliphatic heterocycles. The molecule has 0 heteroatoms. The summed E-state index contributed by atoms with van der Waals surface area (Å²) < 4.78 is 0. The van der Waals surface area contributed by atoms with Crippen LogP contribution in [0.1, 0.15) is 33.4 Å². The fourth-order valence-electron chi connectivity index (χ4n) is 6.33. The third-order valence-electron chi connectivity index (χ3n) is 7.62. The predicted molar refractivity (Wildman–Crippen MR) is 138 cm³/mol. The maximum Gasteiger partial charge on any atom is 0.0725 e. The Morgan fingerprint density at radius 1 is 0.364 bits per heavy atom. The van der Waals surface area contributed by atoms with E-state index in [1.54, 1.807) is 0 Å². The van der Waals surface area contributed by atoms with Crippen molar-refractivity contribution in [1.29, 1.82) is 0 Å². The fraction of sp³-hybridized carbons (Fsp3) is 0.0909. The van der Waals surface area contributed by atoms with E-state index in [2.05, 4.69) is 123 Å². The van der Waals surface area contributed by atoms with E-state index in [0.717, 1.165) is 0 Å². The van der Waals surface area contributed by atoms with Crippen LogP contribution >= 0.6 is 0 Å². The van der Waals surface area contributed by atoms with Crippen LogP contribution in [0.3, 0.4) is 0 Å². The van der Waals surface area contributed by atoms with Gasteiger partial charge in [-0.1, -0.05) is 120 Å². The fourth-order valence-corrected chi connectivity index (χ4v) is 6.33. The van der Waals surface area contributed by atoms with Crippen LogP contribution in [-0.2, 0) is 5.41 Å². The Kier molecular flexibility index (Phi) is 3.71. The van der Waals surface area contributed by atoms with Crippen LogP contribution < -0.4 is 0 Å². The SMILES string of the molecule is Cc1ccc2c(c1)-c1ccccc1-c1ccccc1C21c2ccccc2-c2cc(C)ccc21. The van der Waals surface area contributed by atoms with Crippen molar-refractivity contribution in [2.24, 2.45) is 0 Å². The first-order valence-corrected chi connectivity index (χ1v) is 11.7. The Balaban J connectivity index is 1.77. The van der Waals surface area contributed by atoms with Crippen LogP contribution in [0, 0.1) is 13.8 Å². The van der Waals surface area contributed by atoms with E-state index in [1.165, 1.54) is 66.8 Å². The molecule has 156 valence electrons. The molecule has 1 unspecified atom stereocenters. The summed E-state index contributed by atoms with van der Waals surface area (Å²) in [7, 11) is 0. The van der Waals surface area contributed by atoms with Gasteiger partial charge in [-0.15, -0.1) is 0 Å². The van der Waals surface area contributed by atoms with Crippen molar-refractivity contribution in [2.45, 2.75) is 19.3 Å². The topological polar surface area (TPSA) is 0 Å². The van der Waals surface area contributed by atoms with Gasteiger partial charge in [0.2, 0.25) is 0 Å². The van der Waals surface area contributed by atoms with E-state index in [9.17, 15) is 0 Å². The van der Waals surface area contributed by atoms with E-state index in [-0.39, 0.29) is 5.41 Å². The van der Waals surface area contributed by atoms with E-state index in [4.69, 9.17) is 0 Å². The largest absolute Gasteiger partial charge is 0.0725 e. The molecule has 0 N–H and O–H groups in total. The lowest BCUT2D eigenvalue weighted by Gasteiger charge is -2.35. The average molecular weight is 421 g/mol. The number of aryl methyl sites for hydroxylation is 2. The average Bonchev–Trinajstić information content (AvgIpc) is 3.08. The van der Waals surface area contributed by atoms with Crippen molar-refractivity contribution >= 4 is 0 Å². The van der Waals surface area contributed by atoms with Gasteiger partial charge in [-0.2, -0.15) is 0 Å². The second-order valence-corrected chi connectivity index (χ2v) is 9.48. The molecule has 2 aliphatic carbocycles. The van der Waals surface area contributed by atoms with Gasteiger partial charge < -0.3 is 0 Å². The van der Waals surface area contributed by atoms with Gasteiger partial charge in [0, 0.05) is 0 Å². The molecule has 2 aliphatic rings. The Morgan fingerprint density at radius 2 is 0.727 bits per heavy atom. The summed E-state index contributed by atoms with van der Waals surface area (Å²) in [6.45, 7) is 4.40. The second kappa shape index (κ2) is 6.56. The van der Waals surface area contributed by atoms with Crippen LogP contribution in [-0.4, -0.2) is 0 Å². The molecular formula is C33H24. The summed E-state index contributed by atoms with van der Waals surface area (Å²) >= 11 is 0. The van der Waals surface area contributed by atoms with Gasteiger partial charge in [-0.3, -0.25) is 0 Å². The lowest BCUT2D eigenvalue weighted by molar-refractivity contribution is 0.775. The lowest BCUT2D eigenvalue weighted by Crippen LogP contribution is -2.29. The van der Waals surface area contributed by atoms with Gasteiger partial charge in [0.15, 0.2) is 0 Å². The third-order valence-corrected chi connectivity index (χ3v) is 7.62. The number of hydrogen-bond donors (Lipinski definition) is 0. The molecule has 0 nitrogen and oxygen atoms in total. The molecule has 0 saturated heterocycles. The quantitative estimate of drug-likeness (QED) is 0.231. The zero-order valence-corrected chi connectivity index (χ0v) is 18.9. The molecule has 5 aromatic carbocycles. The molecular weight excluding hydrogens is 396 g/mol. The first-order chi connectivity index (χ1) is 16.2. The minimum absolute atomic E-state index is 0.349. The smallest absolute Gasteiger partial charge is 0.0619 e. The lowest BCUT2D eigenvalue weighted by atomic mass is 9.66. The summed E-state index contributed by atoms with van der Waals surface area (Å²) in [6.07, 6.45) is 0. The van der Waals surface area contributed by atoms with Crippen molar-refractivity contribution in [1.82, 2.24) is 0 Å². The molecule has 0 amide bonds. The van der Waals surface area contributed by atoms with Crippen molar-refractivity contribution in [2.75, 3.05) is 0 Å². The first kappa shape index (κ1) is 18.7. The van der Waals surface area contributed by atoms with E-state index in [0.29, 0.717) is 0 Å². The molecule has 0 saturated carbocycles. The molecule has 7 rings (SSSR count). The molecule has 33 heavy (non-hydrogen) atoms. The van der Waals surface area contributed by atoms with Crippen molar-refractivity contribution in [3.05, 3.63) is 143 Å².